The van der Waals surface area contributed by atoms with Gasteiger partial charge in [0.15, 0.2) is 0 Å². The van der Waals surface area contributed by atoms with Crippen molar-refractivity contribution in [1.29, 1.82) is 0 Å². The van der Waals surface area contributed by atoms with Gasteiger partial charge in [-0.15, -0.1) is 0 Å². The highest BCUT2D eigenvalue weighted by atomic mass is 16.4. The van der Waals surface area contributed by atoms with E-state index >= 15 is 0 Å². The van der Waals surface area contributed by atoms with Gasteiger partial charge >= 0.3 is 0 Å². The molecule has 0 amide bonds. The Kier molecular flexibility index (Phi) is 1.66. The maximum absolute atomic E-state index is 5.42. The fraction of sp³-hybridized carbons (Fsp3) is 0.625. The van der Waals surface area contributed by atoms with Crippen LogP contribution in [0.25, 0.3) is 0 Å². The molecule has 0 unspecified atom stereocenters. The van der Waals surface area contributed by atoms with Crippen LogP contribution in [0.15, 0.2) is 4.42 Å². The van der Waals surface area contributed by atoms with Crippen molar-refractivity contribution in [3.8, 4) is 0 Å². The third kappa shape index (κ3) is 1.16. The number of hydrogen-bond acceptors (Lipinski definition) is 3. The average molecular weight is 152 g/mol. The van der Waals surface area contributed by atoms with E-state index in [-0.39, 0.29) is 0 Å². The van der Waals surface area contributed by atoms with E-state index < -0.39 is 0 Å². The van der Waals surface area contributed by atoms with Crippen molar-refractivity contribution in [1.82, 2.24) is 4.98 Å². The minimum Gasteiger partial charge on any atom is -0.444 e. The van der Waals surface area contributed by atoms with Crippen LogP contribution in [0.5, 0.6) is 0 Å². The van der Waals surface area contributed by atoms with E-state index in [1.54, 1.807) is 0 Å². The van der Waals surface area contributed by atoms with Crippen molar-refractivity contribution >= 4 is 0 Å². The summed E-state index contributed by atoms with van der Waals surface area (Å²) in [5.41, 5.74) is 6.54. The van der Waals surface area contributed by atoms with Gasteiger partial charge in [-0.3, -0.25) is 0 Å². The number of nitrogens with zero attached hydrogens (tertiary/aromatic N) is 1. The van der Waals surface area contributed by atoms with E-state index in [2.05, 4.69) is 4.98 Å². The highest BCUT2D eigenvalue weighted by Crippen LogP contribution is 2.21. The maximum atomic E-state index is 5.42. The molecule has 0 aliphatic heterocycles. The predicted molar refractivity (Wildman–Crippen MR) is 41.0 cm³/mol. The van der Waals surface area contributed by atoms with E-state index in [4.69, 9.17) is 10.2 Å². The fourth-order valence-corrected chi connectivity index (χ4v) is 1.49. The van der Waals surface area contributed by atoms with E-state index in [0.717, 1.165) is 24.3 Å². The minimum atomic E-state index is 0.424. The summed E-state index contributed by atoms with van der Waals surface area (Å²) in [7, 11) is 0. The first-order valence-corrected chi connectivity index (χ1v) is 4.07. The van der Waals surface area contributed by atoms with Crippen molar-refractivity contribution < 1.29 is 4.42 Å². The lowest BCUT2D eigenvalue weighted by Gasteiger charge is -2.05. The highest BCUT2D eigenvalue weighted by Gasteiger charge is 2.15. The molecule has 0 radical (unpaired) electrons. The molecule has 1 heterocycles. The van der Waals surface area contributed by atoms with Crippen LogP contribution >= 0.6 is 0 Å². The summed E-state index contributed by atoms with van der Waals surface area (Å²) in [6.45, 7) is 0.424. The molecule has 0 spiro atoms. The van der Waals surface area contributed by atoms with E-state index in [9.17, 15) is 0 Å². The van der Waals surface area contributed by atoms with Gasteiger partial charge in [0.25, 0.3) is 0 Å². The second-order valence-corrected chi connectivity index (χ2v) is 2.89. The first kappa shape index (κ1) is 6.85. The predicted octanol–water partition coefficient (Wildman–Crippen LogP) is 1.01. The van der Waals surface area contributed by atoms with Crippen molar-refractivity contribution in [2.24, 2.45) is 5.73 Å². The summed E-state index contributed by atoms with van der Waals surface area (Å²) in [5.74, 6) is 1.76. The third-order valence-corrected chi connectivity index (χ3v) is 2.06. The molecule has 0 saturated carbocycles. The van der Waals surface area contributed by atoms with Gasteiger partial charge in [-0.05, 0) is 19.3 Å². The number of aryl methyl sites for hydroxylation is 2. The highest BCUT2D eigenvalue weighted by molar-refractivity contribution is 5.12. The number of fused-ring (bicyclic) bond motifs is 1. The Labute approximate surface area is 65.6 Å². The zero-order valence-electron chi connectivity index (χ0n) is 6.47. The second kappa shape index (κ2) is 2.66. The van der Waals surface area contributed by atoms with Crippen LogP contribution in [0, 0.1) is 0 Å². The van der Waals surface area contributed by atoms with Crippen LogP contribution in [0.1, 0.15) is 30.2 Å². The molecule has 1 aromatic rings. The smallest absolute Gasteiger partial charge is 0.208 e. The van der Waals surface area contributed by atoms with Gasteiger partial charge < -0.3 is 10.2 Å². The van der Waals surface area contributed by atoms with Gasteiger partial charge in [0.1, 0.15) is 5.76 Å². The molecule has 1 aliphatic rings. The molecule has 0 bridgehead atoms. The maximum Gasteiger partial charge on any atom is 0.208 e. The van der Waals surface area contributed by atoms with Gasteiger partial charge in [0.2, 0.25) is 5.89 Å². The molecule has 0 aromatic carbocycles. The molecule has 0 atom stereocenters. The second-order valence-electron chi connectivity index (χ2n) is 2.89. The van der Waals surface area contributed by atoms with Crippen LogP contribution in [-0.2, 0) is 19.4 Å². The molecule has 3 nitrogen and oxygen atoms in total. The molecule has 2 N–H and O–H groups in total. The van der Waals surface area contributed by atoms with E-state index in [1.807, 2.05) is 0 Å². The Morgan fingerprint density at radius 3 is 2.91 bits per heavy atom. The minimum absolute atomic E-state index is 0.424. The summed E-state index contributed by atoms with van der Waals surface area (Å²) >= 11 is 0. The Balaban J connectivity index is 2.32. The summed E-state index contributed by atoms with van der Waals surface area (Å²) in [6.07, 6.45) is 4.58. The summed E-state index contributed by atoms with van der Waals surface area (Å²) in [5, 5.41) is 0. The lowest BCUT2D eigenvalue weighted by molar-refractivity contribution is 0.440. The Morgan fingerprint density at radius 1 is 1.36 bits per heavy atom. The summed E-state index contributed by atoms with van der Waals surface area (Å²) < 4.78 is 5.42. The molecular weight excluding hydrogens is 140 g/mol. The number of nitrogens with two attached hydrogens (primary N) is 1. The van der Waals surface area contributed by atoms with Crippen LogP contribution in [-0.4, -0.2) is 4.98 Å². The van der Waals surface area contributed by atoms with Crippen molar-refractivity contribution in [2.45, 2.75) is 32.2 Å². The lowest BCUT2D eigenvalue weighted by atomic mass is 10.0. The summed E-state index contributed by atoms with van der Waals surface area (Å²) in [6, 6.07) is 0. The van der Waals surface area contributed by atoms with Gasteiger partial charge in [-0.25, -0.2) is 4.98 Å². The zero-order valence-corrected chi connectivity index (χ0v) is 6.47. The molecule has 3 heteroatoms. The number of aromatic nitrogens is 1. The Hall–Kier alpha value is -0.830. The average Bonchev–Trinajstić information content (AvgIpc) is 2.46. The molecule has 1 aliphatic carbocycles. The first-order chi connectivity index (χ1) is 5.40. The number of oxazole rings is 1. The van der Waals surface area contributed by atoms with Crippen LogP contribution in [0.4, 0.5) is 0 Å². The first-order valence-electron chi connectivity index (χ1n) is 4.07. The van der Waals surface area contributed by atoms with Crippen molar-refractivity contribution in [3.63, 3.8) is 0 Å². The van der Waals surface area contributed by atoms with Gasteiger partial charge in [-0.1, -0.05) is 0 Å². The van der Waals surface area contributed by atoms with E-state index in [0.29, 0.717) is 12.4 Å². The monoisotopic (exact) mass is 152 g/mol. The van der Waals surface area contributed by atoms with E-state index in [1.165, 1.54) is 12.8 Å². The topological polar surface area (TPSA) is 52.0 Å². The largest absolute Gasteiger partial charge is 0.444 e. The quantitative estimate of drug-likeness (QED) is 0.653. The molecule has 2 rings (SSSR count). The lowest BCUT2D eigenvalue weighted by Crippen LogP contribution is -2.00. The SMILES string of the molecule is NCc1nc2c(o1)CCCC2. The molecule has 0 saturated heterocycles. The molecule has 60 valence electrons. The van der Waals surface area contributed by atoms with Crippen LogP contribution in [0.2, 0.25) is 0 Å². The standard InChI is InChI=1S/C8H12N2O/c9-5-8-10-6-3-1-2-4-7(6)11-8/h1-5,9H2. The summed E-state index contributed by atoms with van der Waals surface area (Å²) in [4.78, 5) is 4.28. The molecule has 0 fully saturated rings. The number of hydrogen-bond donors (Lipinski definition) is 1. The number of rotatable bonds is 1. The molecule has 1 aromatic heterocycles. The zero-order chi connectivity index (χ0) is 7.68. The van der Waals surface area contributed by atoms with Gasteiger partial charge in [0, 0.05) is 6.42 Å². The Bertz CT molecular complexity index is 231. The van der Waals surface area contributed by atoms with Gasteiger partial charge in [-0.2, -0.15) is 0 Å². The fourth-order valence-electron chi connectivity index (χ4n) is 1.49. The van der Waals surface area contributed by atoms with Crippen molar-refractivity contribution in [3.05, 3.63) is 17.3 Å². The van der Waals surface area contributed by atoms with Crippen LogP contribution < -0.4 is 5.73 Å². The van der Waals surface area contributed by atoms with Crippen molar-refractivity contribution in [2.75, 3.05) is 0 Å². The molecule has 11 heavy (non-hydrogen) atoms. The normalized spacial score (nSPS) is 16.5. The Morgan fingerprint density at radius 2 is 2.18 bits per heavy atom. The molecular formula is C8H12N2O. The van der Waals surface area contributed by atoms with Gasteiger partial charge in [0.05, 0.1) is 12.2 Å². The third-order valence-electron chi connectivity index (χ3n) is 2.06. The van der Waals surface area contributed by atoms with Crippen LogP contribution in [0.3, 0.4) is 0 Å².